The Morgan fingerprint density at radius 3 is 2.31 bits per heavy atom. The highest BCUT2D eigenvalue weighted by Crippen LogP contribution is 2.12. The molecule has 0 saturated carbocycles. The van der Waals surface area contributed by atoms with Crippen LogP contribution < -0.4 is 5.32 Å². The van der Waals surface area contributed by atoms with Gasteiger partial charge in [-0.15, -0.1) is 5.10 Å². The van der Waals surface area contributed by atoms with E-state index < -0.39 is 0 Å². The molecule has 0 aliphatic heterocycles. The third-order valence-corrected chi connectivity index (χ3v) is 2.86. The van der Waals surface area contributed by atoms with Crippen LogP contribution >= 0.6 is 0 Å². The van der Waals surface area contributed by atoms with Crippen molar-refractivity contribution in [2.75, 3.05) is 0 Å². The first kappa shape index (κ1) is 13.2. The molecule has 0 aliphatic carbocycles. The van der Waals surface area contributed by atoms with Gasteiger partial charge in [0.2, 0.25) is 0 Å². The van der Waals surface area contributed by atoms with Gasteiger partial charge < -0.3 is 5.32 Å². The predicted octanol–water partition coefficient (Wildman–Crippen LogP) is 2.31. The van der Waals surface area contributed by atoms with Gasteiger partial charge in [0, 0.05) is 12.1 Å². The van der Waals surface area contributed by atoms with Crippen LogP contribution in [0.25, 0.3) is 0 Å². The van der Waals surface area contributed by atoms with Crippen molar-refractivity contribution >= 4 is 0 Å². The van der Waals surface area contributed by atoms with Gasteiger partial charge in [-0.2, -0.15) is 0 Å². The Morgan fingerprint density at radius 1 is 1.25 bits per heavy atom. The Morgan fingerprint density at radius 2 is 1.88 bits per heavy atom. The van der Waals surface area contributed by atoms with Gasteiger partial charge in [-0.05, 0) is 41.0 Å². The molecule has 0 radical (unpaired) electrons. The van der Waals surface area contributed by atoms with Crippen molar-refractivity contribution in [3.8, 4) is 0 Å². The summed E-state index contributed by atoms with van der Waals surface area (Å²) in [7, 11) is 0. The van der Waals surface area contributed by atoms with E-state index in [1.807, 2.05) is 10.9 Å². The topological polar surface area (TPSA) is 42.7 Å². The smallest absolute Gasteiger partial charge is 0.0965 e. The zero-order chi connectivity index (χ0) is 12.4. The maximum absolute atomic E-state index is 4.17. The summed E-state index contributed by atoms with van der Waals surface area (Å²) in [5.74, 6) is 0. The largest absolute Gasteiger partial charge is 0.306 e. The summed E-state index contributed by atoms with van der Waals surface area (Å²) >= 11 is 0. The second kappa shape index (κ2) is 4.53. The molecule has 1 N–H and O–H groups in total. The highest BCUT2D eigenvalue weighted by molar-refractivity contribution is 4.95. The molecule has 1 aromatic heterocycles. The van der Waals surface area contributed by atoms with Gasteiger partial charge in [-0.25, -0.2) is 4.68 Å². The minimum Gasteiger partial charge on any atom is -0.306 e. The lowest BCUT2D eigenvalue weighted by Gasteiger charge is -2.23. The van der Waals surface area contributed by atoms with Crippen molar-refractivity contribution in [3.63, 3.8) is 0 Å². The zero-order valence-electron chi connectivity index (χ0n) is 11.3. The van der Waals surface area contributed by atoms with Crippen LogP contribution in [0.15, 0.2) is 6.20 Å². The van der Waals surface area contributed by atoms with Crippen LogP contribution in [0.5, 0.6) is 0 Å². The average molecular weight is 224 g/mol. The quantitative estimate of drug-likeness (QED) is 0.853. The van der Waals surface area contributed by atoms with Gasteiger partial charge in [0.05, 0.1) is 17.4 Å². The molecule has 4 nitrogen and oxygen atoms in total. The fourth-order valence-corrected chi connectivity index (χ4v) is 1.16. The SMILES string of the molecule is CCC(C)(C)NCc1cn(C(C)(C)C)nn1. The van der Waals surface area contributed by atoms with E-state index in [2.05, 4.69) is 57.2 Å². The first-order valence-electron chi connectivity index (χ1n) is 5.91. The Bertz CT molecular complexity index is 333. The summed E-state index contributed by atoms with van der Waals surface area (Å²) in [5.41, 5.74) is 1.16. The zero-order valence-corrected chi connectivity index (χ0v) is 11.3. The van der Waals surface area contributed by atoms with E-state index in [0.29, 0.717) is 0 Å². The molecule has 0 atom stereocenters. The molecule has 0 fully saturated rings. The Hall–Kier alpha value is -0.900. The number of hydrogen-bond acceptors (Lipinski definition) is 3. The summed E-state index contributed by atoms with van der Waals surface area (Å²) in [4.78, 5) is 0. The van der Waals surface area contributed by atoms with Crippen molar-refractivity contribution in [1.82, 2.24) is 20.3 Å². The first-order chi connectivity index (χ1) is 7.24. The highest BCUT2D eigenvalue weighted by Gasteiger charge is 2.17. The maximum atomic E-state index is 4.17. The minimum atomic E-state index is 0.00548. The Balaban J connectivity index is 2.60. The monoisotopic (exact) mass is 224 g/mol. The Kier molecular flexibility index (Phi) is 3.73. The van der Waals surface area contributed by atoms with E-state index in [9.17, 15) is 0 Å². The molecule has 0 saturated heterocycles. The third kappa shape index (κ3) is 3.59. The van der Waals surface area contributed by atoms with Crippen LogP contribution in [0, 0.1) is 0 Å². The standard InChI is InChI=1S/C12H24N4/c1-7-12(5,6)13-8-10-9-16(15-14-10)11(2,3)4/h9,13H,7-8H2,1-6H3. The fourth-order valence-electron chi connectivity index (χ4n) is 1.16. The molecule has 1 aromatic rings. The molecule has 0 aromatic carbocycles. The van der Waals surface area contributed by atoms with Crippen LogP contribution in [-0.2, 0) is 12.1 Å². The number of nitrogens with one attached hydrogen (secondary N) is 1. The van der Waals surface area contributed by atoms with Crippen molar-refractivity contribution < 1.29 is 0 Å². The molecule has 0 spiro atoms. The molecule has 0 bridgehead atoms. The number of nitrogens with zero attached hydrogens (tertiary/aromatic N) is 3. The van der Waals surface area contributed by atoms with Crippen LogP contribution in [-0.4, -0.2) is 20.5 Å². The van der Waals surface area contributed by atoms with Gasteiger partial charge in [0.25, 0.3) is 0 Å². The molecular formula is C12H24N4. The van der Waals surface area contributed by atoms with Crippen molar-refractivity contribution in [1.29, 1.82) is 0 Å². The average Bonchev–Trinajstić information content (AvgIpc) is 2.63. The summed E-state index contributed by atoms with van der Waals surface area (Å²) in [6.07, 6.45) is 3.11. The first-order valence-corrected chi connectivity index (χ1v) is 5.91. The van der Waals surface area contributed by atoms with Gasteiger partial charge >= 0.3 is 0 Å². The number of rotatable bonds is 4. The number of aromatic nitrogens is 3. The molecule has 4 heteroatoms. The third-order valence-electron chi connectivity index (χ3n) is 2.86. The Labute approximate surface area is 98.4 Å². The second-order valence-electron chi connectivity index (χ2n) is 5.92. The highest BCUT2D eigenvalue weighted by atomic mass is 15.4. The predicted molar refractivity (Wildman–Crippen MR) is 66.2 cm³/mol. The van der Waals surface area contributed by atoms with E-state index in [-0.39, 0.29) is 11.1 Å². The van der Waals surface area contributed by atoms with Crippen LogP contribution in [0.2, 0.25) is 0 Å². The van der Waals surface area contributed by atoms with Gasteiger partial charge in [-0.3, -0.25) is 0 Å². The summed E-state index contributed by atoms with van der Waals surface area (Å²) in [6.45, 7) is 13.7. The van der Waals surface area contributed by atoms with E-state index >= 15 is 0 Å². The van der Waals surface area contributed by atoms with Gasteiger partial charge in [0.15, 0.2) is 0 Å². The lowest BCUT2D eigenvalue weighted by molar-refractivity contribution is 0.346. The van der Waals surface area contributed by atoms with Crippen molar-refractivity contribution in [2.45, 2.75) is 65.6 Å². The molecular weight excluding hydrogens is 200 g/mol. The molecule has 0 amide bonds. The van der Waals surface area contributed by atoms with E-state index in [0.717, 1.165) is 18.7 Å². The minimum absolute atomic E-state index is 0.00548. The summed E-state index contributed by atoms with van der Waals surface area (Å²) < 4.78 is 1.91. The molecule has 0 unspecified atom stereocenters. The molecule has 92 valence electrons. The van der Waals surface area contributed by atoms with Crippen LogP contribution in [0.4, 0.5) is 0 Å². The maximum Gasteiger partial charge on any atom is 0.0965 e. The summed E-state index contributed by atoms with van der Waals surface area (Å²) in [6, 6.07) is 0. The van der Waals surface area contributed by atoms with Gasteiger partial charge in [0.1, 0.15) is 0 Å². The van der Waals surface area contributed by atoms with E-state index in [1.165, 1.54) is 0 Å². The van der Waals surface area contributed by atoms with Gasteiger partial charge in [-0.1, -0.05) is 12.1 Å². The van der Waals surface area contributed by atoms with Crippen LogP contribution in [0.3, 0.4) is 0 Å². The lowest BCUT2D eigenvalue weighted by atomic mass is 10.0. The number of hydrogen-bond donors (Lipinski definition) is 1. The molecule has 0 aliphatic rings. The van der Waals surface area contributed by atoms with Crippen molar-refractivity contribution in [2.24, 2.45) is 0 Å². The van der Waals surface area contributed by atoms with E-state index in [4.69, 9.17) is 0 Å². The normalized spacial score (nSPS) is 13.1. The molecule has 1 heterocycles. The fraction of sp³-hybridized carbons (Fsp3) is 0.833. The van der Waals surface area contributed by atoms with Crippen LogP contribution in [0.1, 0.15) is 53.7 Å². The molecule has 16 heavy (non-hydrogen) atoms. The van der Waals surface area contributed by atoms with E-state index in [1.54, 1.807) is 0 Å². The second-order valence-corrected chi connectivity index (χ2v) is 5.92. The summed E-state index contributed by atoms with van der Waals surface area (Å²) in [5, 5.41) is 11.8. The lowest BCUT2D eigenvalue weighted by Crippen LogP contribution is -2.37. The van der Waals surface area contributed by atoms with Crippen molar-refractivity contribution in [3.05, 3.63) is 11.9 Å². The molecule has 1 rings (SSSR count).